The fraction of sp³-hybridized carbons (Fsp3) is 0.935. The summed E-state index contributed by atoms with van der Waals surface area (Å²) in [5, 5.41) is 8.67. The molecular weight excluding hydrogens is 414 g/mol. The average molecular weight is 468 g/mol. The Hall–Kier alpha value is -0.540. The molecule has 5 fully saturated rings. The van der Waals surface area contributed by atoms with Crippen molar-refractivity contribution < 1.29 is 0 Å². The first-order valence-corrected chi connectivity index (χ1v) is 15.7. The third kappa shape index (κ3) is 4.62. The number of nitrogens with zero attached hydrogens (tertiary/aromatic N) is 1. The Balaban J connectivity index is 1.20. The van der Waals surface area contributed by atoms with Crippen LogP contribution in [0.4, 0.5) is 0 Å². The third-order valence-corrected chi connectivity index (χ3v) is 11.3. The summed E-state index contributed by atoms with van der Waals surface area (Å²) in [5.74, 6) is 3.41. The van der Waals surface area contributed by atoms with Crippen molar-refractivity contribution in [3.05, 3.63) is 11.8 Å². The summed E-state index contributed by atoms with van der Waals surface area (Å²) < 4.78 is 0. The number of piperidine rings is 1. The molecule has 2 N–H and O–H groups in total. The van der Waals surface area contributed by atoms with Gasteiger partial charge >= 0.3 is 0 Å². The molecule has 0 aromatic rings. The summed E-state index contributed by atoms with van der Waals surface area (Å²) >= 11 is 0. The Morgan fingerprint density at radius 2 is 1.47 bits per heavy atom. The molecule has 6 aliphatic rings. The van der Waals surface area contributed by atoms with Crippen LogP contribution in [0.3, 0.4) is 0 Å². The van der Waals surface area contributed by atoms with Crippen LogP contribution in [-0.4, -0.2) is 41.2 Å². The van der Waals surface area contributed by atoms with Gasteiger partial charge in [0, 0.05) is 41.9 Å². The van der Waals surface area contributed by atoms with Crippen molar-refractivity contribution in [1.29, 1.82) is 0 Å². The highest BCUT2D eigenvalue weighted by Gasteiger charge is 2.46. The summed E-state index contributed by atoms with van der Waals surface area (Å²) in [6.45, 7) is 5.02. The van der Waals surface area contributed by atoms with Crippen LogP contribution >= 0.6 is 0 Å². The van der Waals surface area contributed by atoms with Crippen molar-refractivity contribution >= 4 is 0 Å². The smallest absolute Gasteiger partial charge is 0.0471 e. The van der Waals surface area contributed by atoms with Gasteiger partial charge in [-0.2, -0.15) is 0 Å². The largest absolute Gasteiger partial charge is 0.367 e. The minimum atomic E-state index is 0.609. The van der Waals surface area contributed by atoms with E-state index < -0.39 is 0 Å². The van der Waals surface area contributed by atoms with Crippen molar-refractivity contribution in [3.63, 3.8) is 0 Å². The molecule has 0 aromatic heterocycles. The van der Waals surface area contributed by atoms with Crippen LogP contribution in [0.1, 0.15) is 123 Å². The fourth-order valence-electron chi connectivity index (χ4n) is 9.55. The van der Waals surface area contributed by atoms with E-state index in [4.69, 9.17) is 0 Å². The molecule has 192 valence electrons. The SMILES string of the molecule is CC1CCCC(C)C1NC1CCCC2CCC(C3=CC4CCCCC4N3C3CCCCC3)NC21. The predicted molar refractivity (Wildman–Crippen MR) is 143 cm³/mol. The lowest BCUT2D eigenvalue weighted by molar-refractivity contribution is 0.0821. The highest BCUT2D eigenvalue weighted by atomic mass is 15.3. The highest BCUT2D eigenvalue weighted by molar-refractivity contribution is 5.24. The molecule has 3 heteroatoms. The molecule has 0 aromatic carbocycles. The second kappa shape index (κ2) is 10.4. The lowest BCUT2D eigenvalue weighted by Gasteiger charge is -2.50. The highest BCUT2D eigenvalue weighted by Crippen LogP contribution is 2.45. The summed E-state index contributed by atoms with van der Waals surface area (Å²) in [6.07, 6.45) is 27.2. The van der Waals surface area contributed by atoms with E-state index in [0.29, 0.717) is 18.1 Å². The lowest BCUT2D eigenvalue weighted by Crippen LogP contribution is -2.63. The molecule has 6 rings (SSSR count). The summed E-state index contributed by atoms with van der Waals surface area (Å²) in [6, 6.07) is 4.37. The number of hydrogen-bond acceptors (Lipinski definition) is 3. The van der Waals surface area contributed by atoms with Crippen LogP contribution in [0.2, 0.25) is 0 Å². The molecule has 34 heavy (non-hydrogen) atoms. The molecule has 4 saturated carbocycles. The van der Waals surface area contributed by atoms with Gasteiger partial charge in [0.05, 0.1) is 0 Å². The lowest BCUT2D eigenvalue weighted by atomic mass is 9.72. The van der Waals surface area contributed by atoms with Crippen LogP contribution in [0, 0.1) is 23.7 Å². The maximum absolute atomic E-state index is 4.37. The molecule has 0 spiro atoms. The van der Waals surface area contributed by atoms with Crippen molar-refractivity contribution in [2.45, 2.75) is 159 Å². The molecule has 1 saturated heterocycles. The van der Waals surface area contributed by atoms with E-state index in [0.717, 1.165) is 41.8 Å². The molecule has 0 amide bonds. The summed E-state index contributed by atoms with van der Waals surface area (Å²) in [7, 11) is 0. The minimum Gasteiger partial charge on any atom is -0.367 e. The van der Waals surface area contributed by atoms with Crippen LogP contribution in [0.5, 0.6) is 0 Å². The van der Waals surface area contributed by atoms with Crippen LogP contribution in [-0.2, 0) is 0 Å². The quantitative estimate of drug-likeness (QED) is 0.477. The van der Waals surface area contributed by atoms with E-state index >= 15 is 0 Å². The van der Waals surface area contributed by atoms with Gasteiger partial charge in [-0.15, -0.1) is 0 Å². The van der Waals surface area contributed by atoms with Gasteiger partial charge in [0.15, 0.2) is 0 Å². The van der Waals surface area contributed by atoms with E-state index in [1.54, 1.807) is 5.70 Å². The first-order valence-electron chi connectivity index (χ1n) is 15.7. The van der Waals surface area contributed by atoms with Crippen molar-refractivity contribution in [2.75, 3.05) is 0 Å². The molecule has 3 nitrogen and oxygen atoms in total. The number of fused-ring (bicyclic) bond motifs is 2. The maximum Gasteiger partial charge on any atom is 0.0471 e. The Bertz CT molecular complexity index is 701. The minimum absolute atomic E-state index is 0.609. The van der Waals surface area contributed by atoms with E-state index in [1.165, 1.54) is 109 Å². The molecule has 2 heterocycles. The van der Waals surface area contributed by atoms with E-state index in [9.17, 15) is 0 Å². The molecule has 8 atom stereocenters. The number of nitrogens with one attached hydrogen (secondary N) is 2. The average Bonchev–Trinajstić information content (AvgIpc) is 3.26. The third-order valence-electron chi connectivity index (χ3n) is 11.3. The zero-order valence-electron chi connectivity index (χ0n) is 22.3. The van der Waals surface area contributed by atoms with Gasteiger partial charge < -0.3 is 15.5 Å². The van der Waals surface area contributed by atoms with E-state index in [1.807, 2.05) is 0 Å². The Morgan fingerprint density at radius 3 is 2.29 bits per heavy atom. The van der Waals surface area contributed by atoms with Gasteiger partial charge in [0.1, 0.15) is 0 Å². The van der Waals surface area contributed by atoms with Gasteiger partial charge in [-0.1, -0.05) is 64.9 Å². The molecule has 2 aliphatic heterocycles. The topological polar surface area (TPSA) is 27.3 Å². The standard InChI is InChI=1S/C31H53N3/c1-21-10-8-11-22(2)30(21)33-27-16-9-13-23-18-19-26(32-31(23)27)29-20-24-12-6-7-17-28(24)34(29)25-14-4-3-5-15-25/h20-28,30-33H,3-19H2,1-2H3. The normalized spacial score (nSPS) is 46.0. The number of hydrogen-bond donors (Lipinski definition) is 2. The Labute approximate surface area is 210 Å². The summed E-state index contributed by atoms with van der Waals surface area (Å²) in [4.78, 5) is 3.04. The first kappa shape index (κ1) is 23.8. The first-order chi connectivity index (χ1) is 16.7. The zero-order valence-corrected chi connectivity index (χ0v) is 22.3. The van der Waals surface area contributed by atoms with Crippen LogP contribution in [0.25, 0.3) is 0 Å². The van der Waals surface area contributed by atoms with E-state index in [2.05, 4.69) is 35.5 Å². The van der Waals surface area contributed by atoms with Gasteiger partial charge in [-0.25, -0.2) is 0 Å². The molecule has 4 aliphatic carbocycles. The molecule has 0 bridgehead atoms. The monoisotopic (exact) mass is 467 g/mol. The predicted octanol–water partition coefficient (Wildman–Crippen LogP) is 6.78. The number of rotatable bonds is 4. The summed E-state index contributed by atoms with van der Waals surface area (Å²) in [5.41, 5.74) is 1.76. The Morgan fingerprint density at radius 1 is 0.735 bits per heavy atom. The van der Waals surface area contributed by atoms with Crippen LogP contribution in [0.15, 0.2) is 11.8 Å². The van der Waals surface area contributed by atoms with Crippen LogP contribution < -0.4 is 10.6 Å². The fourth-order valence-corrected chi connectivity index (χ4v) is 9.55. The second-order valence-electron chi connectivity index (χ2n) is 13.5. The zero-order chi connectivity index (χ0) is 23.1. The molecule has 8 unspecified atom stereocenters. The van der Waals surface area contributed by atoms with Gasteiger partial charge in [-0.05, 0) is 87.9 Å². The van der Waals surface area contributed by atoms with Gasteiger partial charge in [0.2, 0.25) is 0 Å². The maximum atomic E-state index is 4.37. The van der Waals surface area contributed by atoms with Crippen molar-refractivity contribution in [3.8, 4) is 0 Å². The molecular formula is C31H53N3. The van der Waals surface area contributed by atoms with Crippen molar-refractivity contribution in [2.24, 2.45) is 23.7 Å². The second-order valence-corrected chi connectivity index (χ2v) is 13.5. The van der Waals surface area contributed by atoms with Crippen molar-refractivity contribution in [1.82, 2.24) is 15.5 Å². The molecule has 0 radical (unpaired) electrons. The van der Waals surface area contributed by atoms with Gasteiger partial charge in [-0.3, -0.25) is 0 Å². The van der Waals surface area contributed by atoms with E-state index in [-0.39, 0.29) is 0 Å². The van der Waals surface area contributed by atoms with Gasteiger partial charge in [0.25, 0.3) is 0 Å². The Kier molecular flexibility index (Phi) is 7.32.